The zero-order valence-corrected chi connectivity index (χ0v) is 14.9. The fraction of sp³-hybridized carbons (Fsp3) is 0.375. The van der Waals surface area contributed by atoms with Crippen LogP contribution in [0.3, 0.4) is 0 Å². The van der Waals surface area contributed by atoms with Gasteiger partial charge in [0.1, 0.15) is 17.5 Å². The molecule has 0 fully saturated rings. The van der Waals surface area contributed by atoms with E-state index in [1.807, 2.05) is 0 Å². The molecule has 9 heteroatoms. The van der Waals surface area contributed by atoms with Crippen LogP contribution in [0.15, 0.2) is 35.5 Å². The maximum Gasteiger partial charge on any atom is 0.321 e. The first kappa shape index (κ1) is 19.1. The Hall–Kier alpha value is -2.26. The van der Waals surface area contributed by atoms with Crippen molar-refractivity contribution in [2.24, 2.45) is 5.92 Å². The Morgan fingerprint density at radius 1 is 1.40 bits per heavy atom. The van der Waals surface area contributed by atoms with Crippen molar-refractivity contribution in [3.05, 3.63) is 42.0 Å². The molecule has 1 atom stereocenters. The van der Waals surface area contributed by atoms with Gasteiger partial charge < -0.3 is 5.11 Å². The van der Waals surface area contributed by atoms with Crippen molar-refractivity contribution in [2.75, 3.05) is 0 Å². The van der Waals surface area contributed by atoms with Gasteiger partial charge in [-0.2, -0.15) is 9.82 Å². The van der Waals surface area contributed by atoms with E-state index in [1.54, 1.807) is 33.2 Å². The highest BCUT2D eigenvalue weighted by Gasteiger charge is 2.26. The number of nitrogens with zero attached hydrogens (tertiary/aromatic N) is 2. The molecule has 0 aliphatic carbocycles. The van der Waals surface area contributed by atoms with Crippen molar-refractivity contribution in [3.8, 4) is 5.69 Å². The summed E-state index contributed by atoms with van der Waals surface area (Å²) in [4.78, 5) is 10.9. The molecule has 0 unspecified atom stereocenters. The van der Waals surface area contributed by atoms with Crippen LogP contribution in [0.2, 0.25) is 0 Å². The average molecular weight is 369 g/mol. The number of carbonyl (C=O) groups is 1. The van der Waals surface area contributed by atoms with Gasteiger partial charge in [-0.15, -0.1) is 0 Å². The summed E-state index contributed by atoms with van der Waals surface area (Å²) < 4.78 is 42.5. The monoisotopic (exact) mass is 369 g/mol. The Labute approximate surface area is 145 Å². The smallest absolute Gasteiger partial charge is 0.321 e. The molecule has 0 radical (unpaired) electrons. The fourth-order valence-electron chi connectivity index (χ4n) is 2.31. The summed E-state index contributed by atoms with van der Waals surface area (Å²) in [6, 6.07) is 2.07. The first-order valence-electron chi connectivity index (χ1n) is 7.66. The summed E-state index contributed by atoms with van der Waals surface area (Å²) in [7, 11) is -4.17. The van der Waals surface area contributed by atoms with E-state index in [1.165, 1.54) is 16.8 Å². The van der Waals surface area contributed by atoms with E-state index in [0.717, 1.165) is 11.6 Å². The molecule has 0 saturated carbocycles. The summed E-state index contributed by atoms with van der Waals surface area (Å²) >= 11 is 0. The molecule has 1 aromatic heterocycles. The topological polar surface area (TPSA) is 101 Å². The maximum absolute atomic E-state index is 14.3. The van der Waals surface area contributed by atoms with Gasteiger partial charge in [0, 0.05) is 6.20 Å². The minimum Gasteiger partial charge on any atom is -0.480 e. The molecule has 2 rings (SSSR count). The summed E-state index contributed by atoms with van der Waals surface area (Å²) in [6.45, 7) is 5.36. The van der Waals surface area contributed by atoms with E-state index in [0.29, 0.717) is 0 Å². The molecule has 0 bridgehead atoms. The van der Waals surface area contributed by atoms with E-state index >= 15 is 0 Å². The van der Waals surface area contributed by atoms with Crippen LogP contribution in [0.5, 0.6) is 0 Å². The van der Waals surface area contributed by atoms with Gasteiger partial charge in [-0.05, 0) is 43.0 Å². The third kappa shape index (κ3) is 4.64. The lowest BCUT2D eigenvalue weighted by Crippen LogP contribution is -2.41. The first-order valence-corrected chi connectivity index (χ1v) is 9.15. The van der Waals surface area contributed by atoms with Gasteiger partial charge >= 0.3 is 5.97 Å². The van der Waals surface area contributed by atoms with Crippen LogP contribution in [0, 0.1) is 18.7 Å². The minimum atomic E-state index is -4.17. The van der Waals surface area contributed by atoms with E-state index < -0.39 is 27.9 Å². The molecule has 2 aromatic rings. The molecule has 2 N–H and O–H groups in total. The number of hydrogen-bond acceptors (Lipinski definition) is 4. The van der Waals surface area contributed by atoms with Crippen LogP contribution >= 0.6 is 0 Å². The molecule has 25 heavy (non-hydrogen) atoms. The van der Waals surface area contributed by atoms with Crippen LogP contribution in [-0.2, 0) is 14.8 Å². The van der Waals surface area contributed by atoms with E-state index in [9.17, 15) is 17.6 Å². The first-order chi connectivity index (χ1) is 11.6. The van der Waals surface area contributed by atoms with Gasteiger partial charge in [-0.3, -0.25) is 4.79 Å². The molecular formula is C16H20FN3O4S. The molecule has 1 heterocycles. The zero-order chi connectivity index (χ0) is 18.8. The molecule has 0 aliphatic heterocycles. The molecule has 0 aliphatic rings. The average Bonchev–Trinajstić information content (AvgIpc) is 2.92. The number of sulfonamides is 1. The zero-order valence-electron chi connectivity index (χ0n) is 14.1. The van der Waals surface area contributed by atoms with E-state index in [4.69, 9.17) is 5.11 Å². The van der Waals surface area contributed by atoms with Crippen LogP contribution < -0.4 is 4.72 Å². The van der Waals surface area contributed by atoms with E-state index in [2.05, 4.69) is 9.82 Å². The van der Waals surface area contributed by atoms with Crippen molar-refractivity contribution < 1.29 is 22.7 Å². The number of aryl methyl sites for hydroxylation is 1. The Morgan fingerprint density at radius 3 is 2.56 bits per heavy atom. The number of aliphatic carboxylic acids is 1. The van der Waals surface area contributed by atoms with E-state index in [-0.39, 0.29) is 22.9 Å². The third-order valence-corrected chi connectivity index (χ3v) is 4.96. The van der Waals surface area contributed by atoms with Crippen molar-refractivity contribution in [3.63, 3.8) is 0 Å². The lowest BCUT2D eigenvalue weighted by molar-refractivity contribution is -0.139. The van der Waals surface area contributed by atoms with Crippen LogP contribution in [0.25, 0.3) is 5.69 Å². The number of hydrogen-bond donors (Lipinski definition) is 2. The Kier molecular flexibility index (Phi) is 5.58. The maximum atomic E-state index is 14.3. The highest BCUT2D eigenvalue weighted by Crippen LogP contribution is 2.19. The summed E-state index contributed by atoms with van der Waals surface area (Å²) in [5.74, 6) is -2.07. The minimum absolute atomic E-state index is 0.0223. The van der Waals surface area contributed by atoms with Crippen molar-refractivity contribution in [1.82, 2.24) is 14.5 Å². The van der Waals surface area contributed by atoms with Gasteiger partial charge in [-0.25, -0.2) is 17.5 Å². The number of benzene rings is 1. The second-order valence-electron chi connectivity index (χ2n) is 6.22. The Balaban J connectivity index is 2.30. The molecular weight excluding hydrogens is 349 g/mol. The molecule has 0 amide bonds. The van der Waals surface area contributed by atoms with Crippen LogP contribution in [0.4, 0.5) is 4.39 Å². The molecule has 136 valence electrons. The quantitative estimate of drug-likeness (QED) is 0.778. The number of carboxylic acids is 1. The fourth-order valence-corrected chi connectivity index (χ4v) is 3.52. The van der Waals surface area contributed by atoms with Gasteiger partial charge in [-0.1, -0.05) is 13.8 Å². The largest absolute Gasteiger partial charge is 0.480 e. The predicted molar refractivity (Wildman–Crippen MR) is 89.5 cm³/mol. The van der Waals surface area contributed by atoms with Crippen LogP contribution in [0.1, 0.15) is 25.8 Å². The number of nitrogens with one attached hydrogen (secondary N) is 1. The third-order valence-electron chi connectivity index (χ3n) is 3.49. The number of carboxylic acid groups (broad SMARTS) is 1. The SMILES string of the molecule is Cc1cnn(-c2ccc(S(=O)(=O)N[C@@H](CC(C)C)C(=O)O)cc2F)c1. The van der Waals surface area contributed by atoms with Crippen molar-refractivity contribution >= 4 is 16.0 Å². The standard InChI is InChI=1S/C16H20FN3O4S/c1-10(2)6-14(16(21)22)19-25(23,24)12-4-5-15(13(17)7-12)20-9-11(3)8-18-20/h4-5,7-10,14,19H,6H2,1-3H3,(H,21,22)/t14-/m0/s1. The highest BCUT2D eigenvalue weighted by atomic mass is 32.2. The van der Waals surface area contributed by atoms with Crippen molar-refractivity contribution in [1.29, 1.82) is 0 Å². The molecule has 7 nitrogen and oxygen atoms in total. The second kappa shape index (κ2) is 7.32. The number of halogens is 1. The molecule has 1 aromatic carbocycles. The normalized spacial score (nSPS) is 13.2. The van der Waals surface area contributed by atoms with Gasteiger partial charge in [0.05, 0.1) is 11.1 Å². The Bertz CT molecular complexity index is 877. The van der Waals surface area contributed by atoms with Gasteiger partial charge in [0.2, 0.25) is 10.0 Å². The van der Waals surface area contributed by atoms with Gasteiger partial charge in [0.15, 0.2) is 0 Å². The predicted octanol–water partition coefficient (Wildman–Crippen LogP) is 2.10. The molecule has 0 spiro atoms. The molecule has 0 saturated heterocycles. The van der Waals surface area contributed by atoms with Crippen molar-refractivity contribution in [2.45, 2.75) is 38.1 Å². The second-order valence-corrected chi connectivity index (χ2v) is 7.93. The number of rotatable bonds is 7. The summed E-state index contributed by atoms with van der Waals surface area (Å²) in [6.07, 6.45) is 3.28. The number of aromatic nitrogens is 2. The lowest BCUT2D eigenvalue weighted by Gasteiger charge is -2.17. The highest BCUT2D eigenvalue weighted by molar-refractivity contribution is 7.89. The summed E-state index contributed by atoms with van der Waals surface area (Å²) in [5.41, 5.74) is 0.930. The Morgan fingerprint density at radius 2 is 2.08 bits per heavy atom. The van der Waals surface area contributed by atoms with Gasteiger partial charge in [0.25, 0.3) is 0 Å². The summed E-state index contributed by atoms with van der Waals surface area (Å²) in [5, 5.41) is 13.1. The lowest BCUT2D eigenvalue weighted by atomic mass is 10.1. The van der Waals surface area contributed by atoms with Crippen LogP contribution in [-0.4, -0.2) is 35.3 Å².